The molecule has 2 heteroatoms. The second-order valence-electron chi connectivity index (χ2n) is 5.42. The highest BCUT2D eigenvalue weighted by Crippen LogP contribution is 2.06. The van der Waals surface area contributed by atoms with Gasteiger partial charge < -0.3 is 5.21 Å². The van der Waals surface area contributed by atoms with Gasteiger partial charge in [0.05, 0.1) is 0 Å². The first-order valence-corrected chi connectivity index (χ1v) is 7.18. The van der Waals surface area contributed by atoms with Crippen molar-refractivity contribution in [2.24, 2.45) is 0 Å². The molecule has 0 aliphatic heterocycles. The van der Waals surface area contributed by atoms with Gasteiger partial charge in [0, 0.05) is 13.1 Å². The van der Waals surface area contributed by atoms with E-state index in [1.165, 1.54) is 27.3 Å². The monoisotopic (exact) mass is 269 g/mol. The fourth-order valence-corrected chi connectivity index (χ4v) is 2.14. The molecule has 20 heavy (non-hydrogen) atoms. The van der Waals surface area contributed by atoms with E-state index in [1.807, 2.05) is 0 Å². The molecule has 2 aromatic rings. The molecule has 106 valence electrons. The van der Waals surface area contributed by atoms with Crippen LogP contribution in [0.1, 0.15) is 22.3 Å². The highest BCUT2D eigenvalue weighted by molar-refractivity contribution is 5.22. The summed E-state index contributed by atoms with van der Waals surface area (Å²) in [5.41, 5.74) is 5.08. The van der Waals surface area contributed by atoms with Crippen LogP contribution >= 0.6 is 0 Å². The van der Waals surface area contributed by atoms with Crippen molar-refractivity contribution in [3.05, 3.63) is 70.8 Å². The van der Waals surface area contributed by atoms with Crippen LogP contribution in [0.5, 0.6) is 0 Å². The number of aryl methyl sites for hydroxylation is 2. The number of hydrogen-bond acceptors (Lipinski definition) is 2. The largest absolute Gasteiger partial charge is 0.314 e. The first kappa shape index (κ1) is 14.8. The van der Waals surface area contributed by atoms with Gasteiger partial charge in [0.2, 0.25) is 0 Å². The Balaban J connectivity index is 1.73. The summed E-state index contributed by atoms with van der Waals surface area (Å²) in [5.74, 6) is 0. The van der Waals surface area contributed by atoms with E-state index in [0.717, 1.165) is 12.8 Å². The van der Waals surface area contributed by atoms with Crippen molar-refractivity contribution >= 4 is 0 Å². The third kappa shape index (κ3) is 4.80. The maximum Gasteiger partial charge on any atom is 0.0278 e. The van der Waals surface area contributed by atoms with Gasteiger partial charge in [-0.05, 0) is 37.8 Å². The van der Waals surface area contributed by atoms with E-state index in [0.29, 0.717) is 13.1 Å². The molecule has 2 nitrogen and oxygen atoms in total. The maximum atomic E-state index is 9.91. The van der Waals surface area contributed by atoms with Crippen LogP contribution in [-0.2, 0) is 12.8 Å². The van der Waals surface area contributed by atoms with E-state index >= 15 is 0 Å². The molecule has 0 aromatic heterocycles. The molecule has 0 heterocycles. The van der Waals surface area contributed by atoms with Gasteiger partial charge in [-0.1, -0.05) is 59.7 Å². The fourth-order valence-electron chi connectivity index (χ4n) is 2.14. The lowest BCUT2D eigenvalue weighted by molar-refractivity contribution is -0.0886. The smallest absolute Gasteiger partial charge is 0.0278 e. The van der Waals surface area contributed by atoms with Crippen LogP contribution in [0.25, 0.3) is 0 Å². The lowest BCUT2D eigenvalue weighted by Crippen LogP contribution is -2.24. The van der Waals surface area contributed by atoms with Gasteiger partial charge in [0.15, 0.2) is 0 Å². The van der Waals surface area contributed by atoms with Crippen molar-refractivity contribution in [3.8, 4) is 0 Å². The summed E-state index contributed by atoms with van der Waals surface area (Å²) in [6, 6.07) is 17.0. The van der Waals surface area contributed by atoms with Gasteiger partial charge in [-0.3, -0.25) is 0 Å². The van der Waals surface area contributed by atoms with Crippen LogP contribution < -0.4 is 0 Å². The van der Waals surface area contributed by atoms with Gasteiger partial charge >= 0.3 is 0 Å². The predicted molar refractivity (Wildman–Crippen MR) is 83.1 cm³/mol. The molecule has 0 saturated heterocycles. The van der Waals surface area contributed by atoms with Crippen molar-refractivity contribution in [3.63, 3.8) is 0 Å². The van der Waals surface area contributed by atoms with Crippen LogP contribution in [0.2, 0.25) is 0 Å². The molecule has 0 aliphatic carbocycles. The second-order valence-corrected chi connectivity index (χ2v) is 5.42. The molecule has 2 aromatic carbocycles. The summed E-state index contributed by atoms with van der Waals surface area (Å²) in [7, 11) is 0. The number of rotatable bonds is 6. The zero-order valence-electron chi connectivity index (χ0n) is 12.3. The quantitative estimate of drug-likeness (QED) is 0.807. The molecular weight excluding hydrogens is 246 g/mol. The van der Waals surface area contributed by atoms with Gasteiger partial charge in [0.25, 0.3) is 0 Å². The van der Waals surface area contributed by atoms with Crippen LogP contribution in [0, 0.1) is 13.8 Å². The van der Waals surface area contributed by atoms with Crippen molar-refractivity contribution in [2.45, 2.75) is 26.7 Å². The molecule has 0 spiro atoms. The van der Waals surface area contributed by atoms with Crippen LogP contribution in [0.3, 0.4) is 0 Å². The average molecular weight is 269 g/mol. The second kappa shape index (κ2) is 7.22. The third-order valence-corrected chi connectivity index (χ3v) is 3.56. The molecular formula is C18H23NO. The summed E-state index contributed by atoms with van der Waals surface area (Å²) in [6.45, 7) is 5.53. The van der Waals surface area contributed by atoms with Crippen molar-refractivity contribution in [2.75, 3.05) is 13.1 Å². The number of hydroxylamine groups is 2. The van der Waals surface area contributed by atoms with Gasteiger partial charge in [0.1, 0.15) is 0 Å². The predicted octanol–water partition coefficient (Wildman–Crippen LogP) is 3.78. The molecule has 0 unspecified atom stereocenters. The number of benzene rings is 2. The Morgan fingerprint density at radius 3 is 1.40 bits per heavy atom. The molecule has 0 fully saturated rings. The van der Waals surface area contributed by atoms with E-state index in [-0.39, 0.29) is 0 Å². The minimum atomic E-state index is 0.676. The Kier molecular flexibility index (Phi) is 5.33. The third-order valence-electron chi connectivity index (χ3n) is 3.56. The molecule has 0 saturated carbocycles. The molecule has 1 N–H and O–H groups in total. The molecule has 0 amide bonds. The van der Waals surface area contributed by atoms with Crippen LogP contribution in [0.4, 0.5) is 0 Å². The first-order chi connectivity index (χ1) is 9.63. The SMILES string of the molecule is Cc1ccc(CCN(O)CCc2ccc(C)cc2)cc1. The van der Waals surface area contributed by atoms with Crippen LogP contribution in [0.15, 0.2) is 48.5 Å². The summed E-state index contributed by atoms with van der Waals surface area (Å²) in [5, 5.41) is 11.3. The minimum absolute atomic E-state index is 0.676. The molecule has 0 atom stereocenters. The lowest BCUT2D eigenvalue weighted by atomic mass is 10.1. The lowest BCUT2D eigenvalue weighted by Gasteiger charge is -2.14. The molecule has 0 aliphatic rings. The summed E-state index contributed by atoms with van der Waals surface area (Å²) < 4.78 is 0. The Hall–Kier alpha value is -1.64. The van der Waals surface area contributed by atoms with E-state index < -0.39 is 0 Å². The number of nitrogens with zero attached hydrogens (tertiary/aromatic N) is 1. The molecule has 0 bridgehead atoms. The Morgan fingerprint density at radius 1 is 0.700 bits per heavy atom. The van der Waals surface area contributed by atoms with Gasteiger partial charge in [-0.2, -0.15) is 5.06 Å². The van der Waals surface area contributed by atoms with E-state index in [1.54, 1.807) is 0 Å². The molecule has 0 radical (unpaired) electrons. The summed E-state index contributed by atoms with van der Waals surface area (Å²) in [4.78, 5) is 0. The maximum absolute atomic E-state index is 9.91. The summed E-state index contributed by atoms with van der Waals surface area (Å²) >= 11 is 0. The topological polar surface area (TPSA) is 23.5 Å². The van der Waals surface area contributed by atoms with Crippen molar-refractivity contribution in [1.29, 1.82) is 0 Å². The standard InChI is InChI=1S/C18H23NO/c1-15-3-7-17(8-4-15)11-13-19(20)14-12-18-9-5-16(2)6-10-18/h3-10,20H,11-14H2,1-2H3. The normalized spacial score (nSPS) is 11.0. The number of hydrogen-bond donors (Lipinski definition) is 1. The van der Waals surface area contributed by atoms with E-state index in [2.05, 4.69) is 62.4 Å². The van der Waals surface area contributed by atoms with E-state index in [4.69, 9.17) is 0 Å². The first-order valence-electron chi connectivity index (χ1n) is 7.18. The Bertz CT molecular complexity index is 467. The van der Waals surface area contributed by atoms with Crippen molar-refractivity contribution < 1.29 is 5.21 Å². The van der Waals surface area contributed by atoms with Crippen molar-refractivity contribution in [1.82, 2.24) is 5.06 Å². The average Bonchev–Trinajstić information content (AvgIpc) is 2.46. The fraction of sp³-hybridized carbons (Fsp3) is 0.333. The molecule has 2 rings (SSSR count). The minimum Gasteiger partial charge on any atom is -0.314 e. The zero-order valence-corrected chi connectivity index (χ0v) is 12.3. The van der Waals surface area contributed by atoms with Crippen LogP contribution in [-0.4, -0.2) is 23.4 Å². The Morgan fingerprint density at radius 2 is 1.05 bits per heavy atom. The Labute approximate surface area is 121 Å². The zero-order chi connectivity index (χ0) is 14.4. The van der Waals surface area contributed by atoms with E-state index in [9.17, 15) is 5.21 Å². The van der Waals surface area contributed by atoms with Gasteiger partial charge in [-0.15, -0.1) is 0 Å². The highest BCUT2D eigenvalue weighted by Gasteiger charge is 2.02. The highest BCUT2D eigenvalue weighted by atomic mass is 16.5. The summed E-state index contributed by atoms with van der Waals surface area (Å²) in [6.07, 6.45) is 1.76. The van der Waals surface area contributed by atoms with Gasteiger partial charge in [-0.25, -0.2) is 0 Å².